The predicted molar refractivity (Wildman–Crippen MR) is 121 cm³/mol. The van der Waals surface area contributed by atoms with Crippen molar-refractivity contribution in [3.8, 4) is 0 Å². The summed E-state index contributed by atoms with van der Waals surface area (Å²) in [6.45, 7) is 7.94. The molecule has 1 heterocycles. The lowest BCUT2D eigenvalue weighted by molar-refractivity contribution is -0.120. The van der Waals surface area contributed by atoms with E-state index in [9.17, 15) is 9.59 Å². The van der Waals surface area contributed by atoms with Gasteiger partial charge in [0, 0.05) is 5.69 Å². The summed E-state index contributed by atoms with van der Waals surface area (Å²) >= 11 is 0. The van der Waals surface area contributed by atoms with E-state index in [0.717, 1.165) is 33.5 Å². The molecule has 0 unspecified atom stereocenters. The molecule has 0 bridgehead atoms. The Morgan fingerprint density at radius 1 is 0.700 bits per heavy atom. The third-order valence-corrected chi connectivity index (χ3v) is 5.52. The van der Waals surface area contributed by atoms with Gasteiger partial charge in [-0.2, -0.15) is 0 Å². The minimum absolute atomic E-state index is 0.300. The minimum atomic E-state index is -0.343. The molecule has 0 aliphatic carbocycles. The molecule has 3 aromatic carbocycles. The standard InChI is InChI=1S/C26H24N2O2/c1-16-10-13-22(19(4)14-16)28-25(29)23(20-12-11-17(2)18(3)15-20)24(26(28)30)27-21-8-6-5-7-9-21/h5-15,27H,1-4H3. The maximum Gasteiger partial charge on any atom is 0.282 e. The Hall–Kier alpha value is -3.66. The molecule has 150 valence electrons. The van der Waals surface area contributed by atoms with Gasteiger partial charge in [-0.1, -0.05) is 54.1 Å². The van der Waals surface area contributed by atoms with Gasteiger partial charge in [0.05, 0.1) is 11.3 Å². The van der Waals surface area contributed by atoms with E-state index >= 15 is 0 Å². The van der Waals surface area contributed by atoms with Gasteiger partial charge in [-0.05, 0) is 68.1 Å². The fourth-order valence-electron chi connectivity index (χ4n) is 3.75. The van der Waals surface area contributed by atoms with Crippen molar-refractivity contribution >= 4 is 28.8 Å². The number of nitrogens with one attached hydrogen (secondary N) is 1. The van der Waals surface area contributed by atoms with E-state index in [1.54, 1.807) is 0 Å². The summed E-state index contributed by atoms with van der Waals surface area (Å²) in [5.74, 6) is -0.655. The molecule has 0 saturated carbocycles. The second kappa shape index (κ2) is 7.64. The van der Waals surface area contributed by atoms with E-state index in [-0.39, 0.29) is 11.8 Å². The van der Waals surface area contributed by atoms with Gasteiger partial charge in [-0.3, -0.25) is 9.59 Å². The van der Waals surface area contributed by atoms with Gasteiger partial charge in [0.25, 0.3) is 11.8 Å². The zero-order chi connectivity index (χ0) is 21.4. The van der Waals surface area contributed by atoms with Crippen LogP contribution in [0.5, 0.6) is 0 Å². The SMILES string of the molecule is Cc1ccc(N2C(=O)C(Nc3ccccc3)=C(c3ccc(C)c(C)c3)C2=O)c(C)c1. The van der Waals surface area contributed by atoms with Crippen molar-refractivity contribution < 1.29 is 9.59 Å². The summed E-state index contributed by atoms with van der Waals surface area (Å²) in [5.41, 5.74) is 6.99. The van der Waals surface area contributed by atoms with Crippen LogP contribution in [0.2, 0.25) is 0 Å². The molecule has 3 aromatic rings. The summed E-state index contributed by atoms with van der Waals surface area (Å²) in [7, 11) is 0. The van der Waals surface area contributed by atoms with Gasteiger partial charge in [-0.15, -0.1) is 0 Å². The molecule has 1 N–H and O–H groups in total. The van der Waals surface area contributed by atoms with Gasteiger partial charge < -0.3 is 5.32 Å². The molecule has 2 amide bonds. The third kappa shape index (κ3) is 3.41. The number of aryl methyl sites for hydroxylation is 4. The number of nitrogens with zero attached hydrogens (tertiary/aromatic N) is 1. The molecule has 4 nitrogen and oxygen atoms in total. The fourth-order valence-corrected chi connectivity index (χ4v) is 3.75. The lowest BCUT2D eigenvalue weighted by atomic mass is 9.99. The van der Waals surface area contributed by atoms with Crippen molar-refractivity contribution in [3.63, 3.8) is 0 Å². The van der Waals surface area contributed by atoms with Crippen LogP contribution in [-0.2, 0) is 9.59 Å². The Morgan fingerprint density at radius 2 is 1.43 bits per heavy atom. The van der Waals surface area contributed by atoms with Crippen LogP contribution in [0.25, 0.3) is 5.57 Å². The van der Waals surface area contributed by atoms with Crippen molar-refractivity contribution in [1.82, 2.24) is 0 Å². The van der Waals surface area contributed by atoms with Gasteiger partial charge in [0.2, 0.25) is 0 Å². The molecule has 4 rings (SSSR count). The summed E-state index contributed by atoms with van der Waals surface area (Å²) in [6.07, 6.45) is 0. The minimum Gasteiger partial charge on any atom is -0.350 e. The summed E-state index contributed by atoms with van der Waals surface area (Å²) in [5, 5.41) is 3.20. The Kier molecular flexibility index (Phi) is 5.00. The van der Waals surface area contributed by atoms with Crippen LogP contribution in [0.15, 0.2) is 72.4 Å². The van der Waals surface area contributed by atoms with Crippen LogP contribution in [0, 0.1) is 27.7 Å². The van der Waals surface area contributed by atoms with E-state index < -0.39 is 0 Å². The molecule has 30 heavy (non-hydrogen) atoms. The van der Waals surface area contributed by atoms with Crippen molar-refractivity contribution in [2.24, 2.45) is 0 Å². The molecule has 1 aliphatic heterocycles. The molecule has 1 aliphatic rings. The number of para-hydroxylation sites is 1. The van der Waals surface area contributed by atoms with Crippen LogP contribution in [-0.4, -0.2) is 11.8 Å². The van der Waals surface area contributed by atoms with Gasteiger partial charge in [-0.25, -0.2) is 4.90 Å². The molecule has 0 atom stereocenters. The Labute approximate surface area is 176 Å². The number of imide groups is 1. The first-order valence-electron chi connectivity index (χ1n) is 9.97. The second-order valence-electron chi connectivity index (χ2n) is 7.78. The zero-order valence-electron chi connectivity index (χ0n) is 17.6. The smallest absolute Gasteiger partial charge is 0.282 e. The summed E-state index contributed by atoms with van der Waals surface area (Å²) in [4.78, 5) is 28.3. The normalized spacial score (nSPS) is 13.9. The molecule has 0 spiro atoms. The van der Waals surface area contributed by atoms with E-state index in [1.807, 2.05) is 94.4 Å². The predicted octanol–water partition coefficient (Wildman–Crippen LogP) is 5.32. The highest BCUT2D eigenvalue weighted by atomic mass is 16.2. The third-order valence-electron chi connectivity index (χ3n) is 5.52. The number of carbonyl (C=O) groups is 2. The molecule has 0 radical (unpaired) electrons. The zero-order valence-corrected chi connectivity index (χ0v) is 17.6. The maximum atomic E-state index is 13.6. The molecule has 0 fully saturated rings. The van der Waals surface area contributed by atoms with Gasteiger partial charge in [0.1, 0.15) is 5.70 Å². The maximum absolute atomic E-state index is 13.6. The Balaban J connectivity index is 1.86. The van der Waals surface area contributed by atoms with E-state index in [1.165, 1.54) is 4.90 Å². The van der Waals surface area contributed by atoms with Crippen molar-refractivity contribution in [1.29, 1.82) is 0 Å². The van der Waals surface area contributed by atoms with Gasteiger partial charge >= 0.3 is 0 Å². The average molecular weight is 396 g/mol. The topological polar surface area (TPSA) is 49.4 Å². The van der Waals surface area contributed by atoms with E-state index in [0.29, 0.717) is 17.0 Å². The number of hydrogen-bond donors (Lipinski definition) is 1. The first-order chi connectivity index (χ1) is 14.4. The highest BCUT2D eigenvalue weighted by molar-refractivity contribution is 6.46. The largest absolute Gasteiger partial charge is 0.350 e. The highest BCUT2D eigenvalue weighted by Gasteiger charge is 2.40. The van der Waals surface area contributed by atoms with Crippen LogP contribution in [0.3, 0.4) is 0 Å². The number of amides is 2. The first-order valence-corrected chi connectivity index (χ1v) is 9.97. The Morgan fingerprint density at radius 3 is 2.10 bits per heavy atom. The monoisotopic (exact) mass is 396 g/mol. The van der Waals surface area contributed by atoms with E-state index in [2.05, 4.69) is 5.32 Å². The van der Waals surface area contributed by atoms with E-state index in [4.69, 9.17) is 0 Å². The Bertz CT molecular complexity index is 1190. The van der Waals surface area contributed by atoms with Crippen LogP contribution in [0.4, 0.5) is 11.4 Å². The number of carbonyl (C=O) groups excluding carboxylic acids is 2. The van der Waals surface area contributed by atoms with Crippen LogP contribution < -0.4 is 10.2 Å². The molecular weight excluding hydrogens is 372 g/mol. The van der Waals surface area contributed by atoms with Crippen LogP contribution in [0.1, 0.15) is 27.8 Å². The number of hydrogen-bond acceptors (Lipinski definition) is 3. The number of rotatable bonds is 4. The quantitative estimate of drug-likeness (QED) is 0.608. The average Bonchev–Trinajstić information content (AvgIpc) is 2.95. The molecule has 4 heteroatoms. The van der Waals surface area contributed by atoms with Crippen molar-refractivity contribution in [2.75, 3.05) is 10.2 Å². The van der Waals surface area contributed by atoms with Crippen molar-refractivity contribution in [2.45, 2.75) is 27.7 Å². The summed E-state index contributed by atoms with van der Waals surface area (Å²) < 4.78 is 0. The molecule has 0 aromatic heterocycles. The lowest BCUT2D eigenvalue weighted by Gasteiger charge is -2.18. The first kappa shape index (κ1) is 19.6. The fraction of sp³-hybridized carbons (Fsp3) is 0.154. The molecular formula is C26H24N2O2. The second-order valence-corrected chi connectivity index (χ2v) is 7.78. The summed E-state index contributed by atoms with van der Waals surface area (Å²) in [6, 6.07) is 21.0. The lowest BCUT2D eigenvalue weighted by Crippen LogP contribution is -2.33. The van der Waals surface area contributed by atoms with Gasteiger partial charge in [0.15, 0.2) is 0 Å². The number of anilines is 2. The van der Waals surface area contributed by atoms with Crippen LogP contribution >= 0.6 is 0 Å². The van der Waals surface area contributed by atoms with Crippen molar-refractivity contribution in [3.05, 3.63) is 100 Å². The number of benzene rings is 3. The highest BCUT2D eigenvalue weighted by Crippen LogP contribution is 2.35. The molecule has 0 saturated heterocycles.